The summed E-state index contributed by atoms with van der Waals surface area (Å²) in [6.45, 7) is 5.22. The van der Waals surface area contributed by atoms with Crippen LogP contribution in [-0.2, 0) is 30.6 Å². The van der Waals surface area contributed by atoms with Crippen molar-refractivity contribution in [3.05, 3.63) is 53.6 Å². The molecule has 2 N–H and O–H groups in total. The molecular formula is C29H34F2N2O6S. The highest BCUT2D eigenvalue weighted by atomic mass is 32.2. The standard InChI is InChI=1S/C29H34F2N2O6S/c1-29(2,3)39-28(36)33-20-9-5-18(14-20)26(33)23(34)15-19(27(32)35)13-17-8-12-22(25(31)24(17)30)16-6-10-21(11-7-16)40(4,37)38/h6-8,10-12,18-20,26H,5,9,13-15H2,1-4H3,(H2,32,35)/t18-,19+,20+,26-/m0/s1. The highest BCUT2D eigenvalue weighted by molar-refractivity contribution is 7.90. The third-order valence-electron chi connectivity index (χ3n) is 7.59. The largest absolute Gasteiger partial charge is 0.444 e. The van der Waals surface area contributed by atoms with Crippen molar-refractivity contribution in [2.24, 2.45) is 17.6 Å². The van der Waals surface area contributed by atoms with Gasteiger partial charge in [0, 0.05) is 30.2 Å². The molecule has 4 atom stereocenters. The SMILES string of the molecule is CC(C)(C)OC(=O)N1[C@@H]2CC[C@@H](C2)[C@H]1C(=O)C[C@@H](Cc1ccc(-c2ccc(S(C)(=O)=O)cc2)c(F)c1F)C(N)=O. The molecule has 1 saturated carbocycles. The predicted molar refractivity (Wildman–Crippen MR) is 144 cm³/mol. The van der Waals surface area contributed by atoms with E-state index in [1.165, 1.54) is 41.3 Å². The van der Waals surface area contributed by atoms with Crippen LogP contribution in [0.4, 0.5) is 13.6 Å². The fraction of sp³-hybridized carbons (Fsp3) is 0.483. The van der Waals surface area contributed by atoms with Crippen LogP contribution in [0.5, 0.6) is 0 Å². The maximum atomic E-state index is 15.1. The van der Waals surface area contributed by atoms with Gasteiger partial charge in [0.25, 0.3) is 0 Å². The lowest BCUT2D eigenvalue weighted by Crippen LogP contribution is -2.51. The molecule has 40 heavy (non-hydrogen) atoms. The number of amides is 2. The molecule has 216 valence electrons. The number of benzene rings is 2. The van der Waals surface area contributed by atoms with E-state index in [9.17, 15) is 22.8 Å². The summed E-state index contributed by atoms with van der Waals surface area (Å²) in [5, 5.41) is 0. The van der Waals surface area contributed by atoms with E-state index >= 15 is 8.78 Å². The second kappa shape index (κ2) is 10.9. The van der Waals surface area contributed by atoms with E-state index in [4.69, 9.17) is 10.5 Å². The first-order chi connectivity index (χ1) is 18.6. The Labute approximate surface area is 232 Å². The Hall–Kier alpha value is -3.34. The monoisotopic (exact) mass is 576 g/mol. The number of sulfone groups is 1. The molecule has 0 unspecified atom stereocenters. The fourth-order valence-electron chi connectivity index (χ4n) is 5.73. The maximum Gasteiger partial charge on any atom is 0.411 e. The number of carbonyl (C=O) groups is 3. The van der Waals surface area contributed by atoms with Crippen LogP contribution >= 0.6 is 0 Å². The average Bonchev–Trinajstić information content (AvgIpc) is 3.47. The van der Waals surface area contributed by atoms with Gasteiger partial charge in [0.1, 0.15) is 5.60 Å². The van der Waals surface area contributed by atoms with Gasteiger partial charge in [-0.2, -0.15) is 0 Å². The minimum absolute atomic E-state index is 0.0448. The van der Waals surface area contributed by atoms with Crippen LogP contribution in [-0.4, -0.2) is 55.0 Å². The molecule has 2 amide bonds. The predicted octanol–water partition coefficient (Wildman–Crippen LogP) is 4.43. The van der Waals surface area contributed by atoms with Crippen molar-refractivity contribution in [1.29, 1.82) is 0 Å². The average molecular weight is 577 g/mol. The molecule has 0 spiro atoms. The number of likely N-dealkylation sites (tertiary alicyclic amines) is 1. The van der Waals surface area contributed by atoms with E-state index in [1.807, 2.05) is 0 Å². The lowest BCUT2D eigenvalue weighted by molar-refractivity contribution is -0.131. The zero-order chi connectivity index (χ0) is 29.6. The van der Waals surface area contributed by atoms with E-state index in [1.54, 1.807) is 20.8 Å². The molecule has 0 radical (unpaired) electrons. The van der Waals surface area contributed by atoms with Gasteiger partial charge < -0.3 is 10.5 Å². The van der Waals surface area contributed by atoms with Crippen molar-refractivity contribution in [1.82, 2.24) is 4.90 Å². The summed E-state index contributed by atoms with van der Waals surface area (Å²) in [6.07, 6.45) is 2.05. The zero-order valence-corrected chi connectivity index (χ0v) is 23.8. The Kier molecular flexibility index (Phi) is 8.08. The van der Waals surface area contributed by atoms with Gasteiger partial charge in [-0.25, -0.2) is 22.0 Å². The van der Waals surface area contributed by atoms with E-state index in [0.717, 1.165) is 19.1 Å². The quantitative estimate of drug-likeness (QED) is 0.496. The Balaban J connectivity index is 1.52. The maximum absolute atomic E-state index is 15.1. The van der Waals surface area contributed by atoms with Crippen molar-refractivity contribution >= 4 is 27.6 Å². The summed E-state index contributed by atoms with van der Waals surface area (Å²) >= 11 is 0. The van der Waals surface area contributed by atoms with Gasteiger partial charge in [-0.1, -0.05) is 24.3 Å². The number of piperidine rings is 1. The first-order valence-electron chi connectivity index (χ1n) is 13.2. The summed E-state index contributed by atoms with van der Waals surface area (Å²) in [4.78, 5) is 40.2. The smallest absolute Gasteiger partial charge is 0.411 e. The number of rotatable bonds is 8. The Morgan fingerprint density at radius 2 is 1.70 bits per heavy atom. The second-order valence-electron chi connectivity index (χ2n) is 11.7. The second-order valence-corrected chi connectivity index (χ2v) is 13.7. The number of ketones is 1. The van der Waals surface area contributed by atoms with Crippen LogP contribution in [0.1, 0.15) is 52.0 Å². The summed E-state index contributed by atoms with van der Waals surface area (Å²) < 4.78 is 59.1. The molecular weight excluding hydrogens is 542 g/mol. The number of halogens is 2. The van der Waals surface area contributed by atoms with Crippen molar-refractivity contribution in [3.63, 3.8) is 0 Å². The number of fused-ring (bicyclic) bond motifs is 2. The Bertz CT molecular complexity index is 1440. The number of Topliss-reactive ketones (excluding diaryl/α,β-unsaturated/α-hetero) is 1. The third-order valence-corrected chi connectivity index (χ3v) is 8.72. The minimum atomic E-state index is -3.45. The molecule has 2 aromatic rings. The first-order valence-corrected chi connectivity index (χ1v) is 15.1. The molecule has 1 aliphatic carbocycles. The topological polar surface area (TPSA) is 124 Å². The van der Waals surface area contributed by atoms with Gasteiger partial charge in [0.05, 0.1) is 10.9 Å². The minimum Gasteiger partial charge on any atom is -0.444 e. The fourth-order valence-corrected chi connectivity index (χ4v) is 6.37. The van der Waals surface area contributed by atoms with Gasteiger partial charge in [-0.05, 0) is 75.6 Å². The number of carbonyl (C=O) groups excluding carboxylic acids is 3. The van der Waals surface area contributed by atoms with Crippen molar-refractivity contribution in [2.45, 2.75) is 75.5 Å². The number of primary amides is 1. The number of hydrogen-bond donors (Lipinski definition) is 1. The van der Waals surface area contributed by atoms with Crippen molar-refractivity contribution in [2.75, 3.05) is 6.26 Å². The van der Waals surface area contributed by atoms with Crippen LogP contribution in [0.15, 0.2) is 41.3 Å². The molecule has 2 aromatic carbocycles. The molecule has 8 nitrogen and oxygen atoms in total. The highest BCUT2D eigenvalue weighted by Crippen LogP contribution is 2.44. The van der Waals surface area contributed by atoms with Gasteiger partial charge in [0.15, 0.2) is 27.3 Å². The first kappa shape index (κ1) is 29.6. The molecule has 1 heterocycles. The number of nitrogens with zero attached hydrogens (tertiary/aromatic N) is 1. The Morgan fingerprint density at radius 1 is 1.05 bits per heavy atom. The van der Waals surface area contributed by atoms with Crippen LogP contribution in [0.2, 0.25) is 0 Å². The molecule has 1 aliphatic heterocycles. The summed E-state index contributed by atoms with van der Waals surface area (Å²) in [5.74, 6) is -4.70. The third kappa shape index (κ3) is 6.19. The molecule has 2 aliphatic rings. The highest BCUT2D eigenvalue weighted by Gasteiger charge is 2.52. The van der Waals surface area contributed by atoms with Gasteiger partial charge in [-0.15, -0.1) is 0 Å². The van der Waals surface area contributed by atoms with E-state index in [0.29, 0.717) is 6.42 Å². The van der Waals surface area contributed by atoms with E-state index in [-0.39, 0.29) is 52.2 Å². The Morgan fingerprint density at radius 3 is 2.27 bits per heavy atom. The normalized spacial score (nSPS) is 21.4. The lowest BCUT2D eigenvalue weighted by Gasteiger charge is -2.36. The molecule has 2 fully saturated rings. The molecule has 11 heteroatoms. The number of nitrogens with two attached hydrogens (primary N) is 1. The van der Waals surface area contributed by atoms with Crippen molar-refractivity contribution in [3.8, 4) is 11.1 Å². The van der Waals surface area contributed by atoms with E-state index < -0.39 is 51.0 Å². The van der Waals surface area contributed by atoms with Crippen molar-refractivity contribution < 1.29 is 36.3 Å². The van der Waals surface area contributed by atoms with Gasteiger partial charge in [0.2, 0.25) is 5.91 Å². The summed E-state index contributed by atoms with van der Waals surface area (Å²) in [6, 6.07) is 7.16. The van der Waals surface area contributed by atoms with Crippen LogP contribution in [0.3, 0.4) is 0 Å². The van der Waals surface area contributed by atoms with Gasteiger partial charge >= 0.3 is 6.09 Å². The molecule has 1 saturated heterocycles. The van der Waals surface area contributed by atoms with Crippen LogP contribution < -0.4 is 5.73 Å². The van der Waals surface area contributed by atoms with Gasteiger partial charge in [-0.3, -0.25) is 14.5 Å². The van der Waals surface area contributed by atoms with Crippen LogP contribution in [0.25, 0.3) is 11.1 Å². The lowest BCUT2D eigenvalue weighted by atomic mass is 9.86. The number of ether oxygens (including phenoxy) is 1. The van der Waals surface area contributed by atoms with Crippen LogP contribution in [0, 0.1) is 23.5 Å². The summed E-state index contributed by atoms with van der Waals surface area (Å²) in [7, 11) is -3.45. The molecule has 4 rings (SSSR count). The molecule has 0 aromatic heterocycles. The van der Waals surface area contributed by atoms with E-state index in [2.05, 4.69) is 0 Å². The zero-order valence-electron chi connectivity index (χ0n) is 22.9. The summed E-state index contributed by atoms with van der Waals surface area (Å²) in [5.41, 5.74) is 4.91. The number of hydrogen-bond acceptors (Lipinski definition) is 6. The molecule has 2 bridgehead atoms.